The number of benzene rings is 2. The number of hydrogen-bond donors (Lipinski definition) is 4. The summed E-state index contributed by atoms with van der Waals surface area (Å²) in [6.07, 6.45) is 2.90. The minimum Gasteiger partial charge on any atom is -0.480 e. The number of ether oxygens (including phenoxy) is 1. The van der Waals surface area contributed by atoms with E-state index in [-0.39, 0.29) is 6.04 Å². The van der Waals surface area contributed by atoms with Gasteiger partial charge in [-0.15, -0.1) is 0 Å². The predicted octanol–water partition coefficient (Wildman–Crippen LogP) is 3.94. The number of anilines is 2. The maximum absolute atomic E-state index is 13.2. The summed E-state index contributed by atoms with van der Waals surface area (Å²) in [6, 6.07) is 13.5. The molecule has 0 radical (unpaired) electrons. The molecule has 2 aromatic carbocycles. The fourth-order valence-electron chi connectivity index (χ4n) is 6.07. The van der Waals surface area contributed by atoms with Gasteiger partial charge in [0.15, 0.2) is 0 Å². The summed E-state index contributed by atoms with van der Waals surface area (Å²) in [7, 11) is 4.66. The van der Waals surface area contributed by atoms with Crippen molar-refractivity contribution in [1.82, 2.24) is 34.7 Å². The number of fused-ring (bicyclic) bond motifs is 1. The summed E-state index contributed by atoms with van der Waals surface area (Å²) < 4.78 is 8.13. The van der Waals surface area contributed by atoms with Gasteiger partial charge in [0.2, 0.25) is 5.88 Å². The molecule has 13 heteroatoms. The quantitative estimate of drug-likeness (QED) is 0.184. The maximum Gasteiger partial charge on any atom is 0.330 e. The molecular formula is C34H37ClN8O4. The Morgan fingerprint density at radius 2 is 1.79 bits per heavy atom. The molecule has 1 aliphatic rings. The van der Waals surface area contributed by atoms with Gasteiger partial charge in [0.05, 0.1) is 29.5 Å². The summed E-state index contributed by atoms with van der Waals surface area (Å²) >= 11 is 7.08. The third kappa shape index (κ3) is 6.24. The van der Waals surface area contributed by atoms with Crippen LogP contribution < -0.4 is 31.9 Å². The fraction of sp³-hybridized carbons (Fsp3) is 0.324. The number of hydrogen-bond acceptors (Lipinski definition) is 10. The Kier molecular flexibility index (Phi) is 9.11. The number of nitrogens with one attached hydrogen (secondary N) is 3. The second-order valence-corrected chi connectivity index (χ2v) is 12.2. The van der Waals surface area contributed by atoms with E-state index in [0.29, 0.717) is 63.4 Å². The number of aliphatic hydroxyl groups is 1. The molecule has 12 nitrogen and oxygen atoms in total. The van der Waals surface area contributed by atoms with E-state index in [4.69, 9.17) is 21.3 Å². The van der Waals surface area contributed by atoms with Gasteiger partial charge in [0.25, 0.3) is 5.56 Å². The number of halogens is 1. The lowest BCUT2D eigenvalue weighted by molar-refractivity contribution is 0.154. The second-order valence-electron chi connectivity index (χ2n) is 11.8. The Bertz CT molecular complexity index is 2110. The van der Waals surface area contributed by atoms with Crippen molar-refractivity contribution in [3.63, 3.8) is 0 Å². The highest BCUT2D eigenvalue weighted by Gasteiger charge is 2.22. The summed E-state index contributed by atoms with van der Waals surface area (Å²) in [6.45, 7) is 4.95. The minimum atomic E-state index is -0.447. The Labute approximate surface area is 276 Å². The zero-order chi connectivity index (χ0) is 33.4. The Balaban J connectivity index is 1.31. The predicted molar refractivity (Wildman–Crippen MR) is 183 cm³/mol. The van der Waals surface area contributed by atoms with Gasteiger partial charge in [0, 0.05) is 55.7 Å². The van der Waals surface area contributed by atoms with Crippen molar-refractivity contribution in [3.8, 4) is 28.3 Å². The molecule has 1 aliphatic heterocycles. The normalized spacial score (nSPS) is 16.1. The third-order valence-electron chi connectivity index (χ3n) is 8.64. The summed E-state index contributed by atoms with van der Waals surface area (Å²) in [4.78, 5) is 39.8. The number of nitrogens with zero attached hydrogens (tertiary/aromatic N) is 5. The molecule has 5 aromatic rings. The highest BCUT2D eigenvalue weighted by atomic mass is 35.5. The van der Waals surface area contributed by atoms with Crippen LogP contribution in [0.2, 0.25) is 5.02 Å². The van der Waals surface area contributed by atoms with Crippen LogP contribution in [0.5, 0.6) is 5.88 Å². The van der Waals surface area contributed by atoms with Gasteiger partial charge in [-0.25, -0.2) is 14.8 Å². The molecule has 1 fully saturated rings. The van der Waals surface area contributed by atoms with Crippen LogP contribution in [0, 0.1) is 13.8 Å². The molecule has 0 spiro atoms. The zero-order valence-corrected chi connectivity index (χ0v) is 27.6. The summed E-state index contributed by atoms with van der Waals surface area (Å²) in [5, 5.41) is 20.4. The van der Waals surface area contributed by atoms with E-state index < -0.39 is 17.5 Å². The van der Waals surface area contributed by atoms with Gasteiger partial charge in [-0.2, -0.15) is 0 Å². The highest BCUT2D eigenvalue weighted by molar-refractivity contribution is 6.36. The number of aryl methyl sites for hydroxylation is 2. The molecule has 0 amide bonds. The largest absolute Gasteiger partial charge is 0.480 e. The first-order valence-corrected chi connectivity index (χ1v) is 15.7. The lowest BCUT2D eigenvalue weighted by Crippen LogP contribution is -2.37. The first kappa shape index (κ1) is 32.3. The van der Waals surface area contributed by atoms with E-state index >= 15 is 0 Å². The first-order chi connectivity index (χ1) is 22.6. The third-order valence-corrected chi connectivity index (χ3v) is 9.04. The molecule has 3 aromatic heterocycles. The van der Waals surface area contributed by atoms with Gasteiger partial charge in [0.1, 0.15) is 23.1 Å². The number of aromatic nitrogens is 5. The second kappa shape index (κ2) is 13.2. The number of aliphatic hydroxyl groups excluding tert-OH is 1. The van der Waals surface area contributed by atoms with Crippen LogP contribution in [0.3, 0.4) is 0 Å². The topological polar surface area (TPSA) is 148 Å². The molecular weight excluding hydrogens is 620 g/mol. The van der Waals surface area contributed by atoms with E-state index in [1.54, 1.807) is 26.4 Å². The van der Waals surface area contributed by atoms with Crippen LogP contribution in [0.25, 0.3) is 33.3 Å². The van der Waals surface area contributed by atoms with E-state index in [1.807, 2.05) is 50.2 Å². The fourth-order valence-corrected chi connectivity index (χ4v) is 6.39. The highest BCUT2D eigenvalue weighted by Crippen LogP contribution is 2.39. The van der Waals surface area contributed by atoms with Crippen LogP contribution in [-0.2, 0) is 20.6 Å². The monoisotopic (exact) mass is 656 g/mol. The molecule has 244 valence electrons. The van der Waals surface area contributed by atoms with Crippen molar-refractivity contribution in [3.05, 3.63) is 91.5 Å². The van der Waals surface area contributed by atoms with Crippen molar-refractivity contribution >= 4 is 34.0 Å². The van der Waals surface area contributed by atoms with E-state index in [0.717, 1.165) is 39.8 Å². The van der Waals surface area contributed by atoms with Gasteiger partial charge >= 0.3 is 5.69 Å². The summed E-state index contributed by atoms with van der Waals surface area (Å²) in [5.74, 6) is 0.769. The smallest absolute Gasteiger partial charge is 0.330 e. The van der Waals surface area contributed by atoms with Crippen LogP contribution in [-0.4, -0.2) is 55.1 Å². The van der Waals surface area contributed by atoms with Crippen molar-refractivity contribution in [2.24, 2.45) is 14.1 Å². The molecule has 0 saturated carbocycles. The van der Waals surface area contributed by atoms with Gasteiger partial charge in [-0.3, -0.25) is 24.2 Å². The Morgan fingerprint density at radius 3 is 2.53 bits per heavy atom. The molecule has 1 unspecified atom stereocenters. The van der Waals surface area contributed by atoms with Crippen LogP contribution in [0.4, 0.5) is 11.5 Å². The first-order valence-electron chi connectivity index (χ1n) is 15.3. The molecule has 1 saturated heterocycles. The van der Waals surface area contributed by atoms with Crippen molar-refractivity contribution in [1.29, 1.82) is 0 Å². The summed E-state index contributed by atoms with van der Waals surface area (Å²) in [5.41, 5.74) is 5.58. The average molecular weight is 657 g/mol. The molecule has 2 atom stereocenters. The van der Waals surface area contributed by atoms with E-state index in [2.05, 4.69) is 25.9 Å². The molecule has 47 heavy (non-hydrogen) atoms. The standard InChI is InChI=1S/C34H37ClN8O4/c1-18-14-27-29(33(45)43(4)34(46)42(27)3)31(38-18)40-24-11-7-8-21(19(24)2)22-9-6-10-23(30(22)35)25-17-37-26(32(41-25)47-5)16-36-15-20-12-13-28(44)39-20/h6-11,14,17,20,28,36,39,44H,12-13,15-16H2,1-5H3,(H,38,40)/t20-,28?/m0/s1. The maximum atomic E-state index is 13.2. The van der Waals surface area contributed by atoms with E-state index in [9.17, 15) is 14.7 Å². The van der Waals surface area contributed by atoms with Crippen LogP contribution >= 0.6 is 11.6 Å². The van der Waals surface area contributed by atoms with Gasteiger partial charge in [-0.1, -0.05) is 41.9 Å². The number of pyridine rings is 1. The SMILES string of the molecule is COc1nc(-c2cccc(-c3cccc(Nc4nc(C)cc5c4c(=O)n(C)c(=O)n5C)c3C)c2Cl)cnc1CNC[C@@H]1CCC(O)N1. The van der Waals surface area contributed by atoms with Gasteiger partial charge < -0.3 is 20.5 Å². The minimum absolute atomic E-state index is 0.205. The van der Waals surface area contributed by atoms with Crippen molar-refractivity contribution in [2.75, 3.05) is 19.0 Å². The van der Waals surface area contributed by atoms with Crippen LogP contribution in [0.15, 0.2) is 58.3 Å². The van der Waals surface area contributed by atoms with Gasteiger partial charge in [-0.05, 0) is 49.9 Å². The lowest BCUT2D eigenvalue weighted by atomic mass is 9.96. The van der Waals surface area contributed by atoms with E-state index in [1.165, 1.54) is 11.6 Å². The molecule has 6 rings (SSSR count). The molecule has 4 heterocycles. The Hall–Kier alpha value is -4.62. The number of rotatable bonds is 9. The van der Waals surface area contributed by atoms with Crippen LogP contribution in [0.1, 0.15) is 29.8 Å². The molecule has 4 N–H and O–H groups in total. The van der Waals surface area contributed by atoms with Crippen molar-refractivity contribution < 1.29 is 9.84 Å². The number of methoxy groups -OCH3 is 1. The average Bonchev–Trinajstić information content (AvgIpc) is 3.48. The molecule has 0 aliphatic carbocycles. The molecule has 0 bridgehead atoms. The van der Waals surface area contributed by atoms with Crippen molar-refractivity contribution in [2.45, 2.75) is 45.5 Å². The Morgan fingerprint density at radius 1 is 1.04 bits per heavy atom. The lowest BCUT2D eigenvalue weighted by Gasteiger charge is -2.17. The zero-order valence-electron chi connectivity index (χ0n) is 26.9.